The highest BCUT2D eigenvalue weighted by Gasteiger charge is 2.21. The maximum Gasteiger partial charge on any atom is 0.265 e. The number of carbonyl (C=O) groups is 1. The minimum atomic E-state index is 0.101. The summed E-state index contributed by atoms with van der Waals surface area (Å²) in [7, 11) is 1.88. The second-order valence-corrected chi connectivity index (χ2v) is 7.16. The minimum absolute atomic E-state index is 0.101. The Kier molecular flexibility index (Phi) is 5.76. The van der Waals surface area contributed by atoms with Gasteiger partial charge in [0.15, 0.2) is 0 Å². The van der Waals surface area contributed by atoms with Gasteiger partial charge in [0, 0.05) is 26.1 Å². The van der Waals surface area contributed by atoms with E-state index in [0.29, 0.717) is 12.0 Å². The van der Waals surface area contributed by atoms with Gasteiger partial charge in [0.25, 0.3) is 5.91 Å². The molecule has 1 aliphatic rings. The van der Waals surface area contributed by atoms with Crippen molar-refractivity contribution in [2.75, 3.05) is 20.2 Å². The van der Waals surface area contributed by atoms with Crippen LogP contribution in [0.4, 0.5) is 0 Å². The van der Waals surface area contributed by atoms with Crippen LogP contribution in [0.3, 0.4) is 0 Å². The second kappa shape index (κ2) is 7.36. The van der Waals surface area contributed by atoms with Crippen LogP contribution in [0.2, 0.25) is 0 Å². The topological polar surface area (TPSA) is 42.4 Å². The molecule has 2 rings (SSSR count). The van der Waals surface area contributed by atoms with Crippen LogP contribution in [-0.4, -0.2) is 42.1 Å². The molecule has 2 heterocycles. The number of amides is 1. The highest BCUT2D eigenvalue weighted by Crippen LogP contribution is 2.25. The quantitative estimate of drug-likeness (QED) is 0.806. The first-order valence-corrected chi connectivity index (χ1v) is 8.65. The predicted octanol–water partition coefficient (Wildman–Crippen LogP) is 3.61. The number of aromatic nitrogens is 1. The van der Waals surface area contributed by atoms with Crippen molar-refractivity contribution < 1.29 is 9.53 Å². The summed E-state index contributed by atoms with van der Waals surface area (Å²) in [6, 6.07) is 0. The molecule has 1 aromatic rings. The van der Waals surface area contributed by atoms with E-state index in [1.807, 2.05) is 18.9 Å². The fraction of sp³-hybridized carbons (Fsp3) is 0.750. The first-order chi connectivity index (χ1) is 9.99. The van der Waals surface area contributed by atoms with Crippen molar-refractivity contribution in [3.05, 3.63) is 15.6 Å². The standard InChI is InChI=1S/C16H26N2O2S/c1-11(2)15-17-12(3)14(21-15)16(19)18(4)9-5-7-13-8-6-10-20-13/h11,13H,5-10H2,1-4H3/t13-/m1/s1. The molecule has 21 heavy (non-hydrogen) atoms. The van der Waals surface area contributed by atoms with Gasteiger partial charge >= 0.3 is 0 Å². The summed E-state index contributed by atoms with van der Waals surface area (Å²) in [4.78, 5) is 19.6. The summed E-state index contributed by atoms with van der Waals surface area (Å²) in [6.07, 6.45) is 4.81. The molecule has 0 spiro atoms. The van der Waals surface area contributed by atoms with Crippen LogP contribution in [0.15, 0.2) is 0 Å². The lowest BCUT2D eigenvalue weighted by atomic mass is 10.1. The summed E-state index contributed by atoms with van der Waals surface area (Å²) in [5, 5.41) is 1.05. The Morgan fingerprint density at radius 3 is 2.86 bits per heavy atom. The maximum absolute atomic E-state index is 12.5. The molecule has 5 heteroatoms. The van der Waals surface area contributed by atoms with Gasteiger partial charge in [0.1, 0.15) is 4.88 Å². The fourth-order valence-electron chi connectivity index (χ4n) is 2.57. The number of hydrogen-bond acceptors (Lipinski definition) is 4. The van der Waals surface area contributed by atoms with Gasteiger partial charge in [-0.25, -0.2) is 4.98 Å². The van der Waals surface area contributed by atoms with E-state index >= 15 is 0 Å². The molecular weight excluding hydrogens is 284 g/mol. The average molecular weight is 310 g/mol. The lowest BCUT2D eigenvalue weighted by Gasteiger charge is -2.17. The van der Waals surface area contributed by atoms with Crippen LogP contribution in [0.1, 0.15) is 65.8 Å². The highest BCUT2D eigenvalue weighted by molar-refractivity contribution is 7.13. The van der Waals surface area contributed by atoms with Gasteiger partial charge in [-0.3, -0.25) is 4.79 Å². The third-order valence-corrected chi connectivity index (χ3v) is 5.34. The van der Waals surface area contributed by atoms with E-state index in [0.717, 1.165) is 41.6 Å². The van der Waals surface area contributed by atoms with E-state index in [1.165, 1.54) is 24.2 Å². The number of carbonyl (C=O) groups excluding carboxylic acids is 1. The third kappa shape index (κ3) is 4.27. The second-order valence-electron chi connectivity index (χ2n) is 6.13. The van der Waals surface area contributed by atoms with Crippen LogP contribution in [0, 0.1) is 6.92 Å². The average Bonchev–Trinajstić information content (AvgIpc) is 3.07. The van der Waals surface area contributed by atoms with Gasteiger partial charge in [0.2, 0.25) is 0 Å². The molecule has 0 unspecified atom stereocenters. The molecule has 1 fully saturated rings. The van der Waals surface area contributed by atoms with E-state index in [4.69, 9.17) is 4.74 Å². The summed E-state index contributed by atoms with van der Waals surface area (Å²) >= 11 is 1.54. The van der Waals surface area contributed by atoms with Crippen molar-refractivity contribution in [3.8, 4) is 0 Å². The molecule has 0 aromatic carbocycles. The van der Waals surface area contributed by atoms with Gasteiger partial charge < -0.3 is 9.64 Å². The largest absolute Gasteiger partial charge is 0.378 e. The smallest absolute Gasteiger partial charge is 0.265 e. The van der Waals surface area contributed by atoms with Crippen LogP contribution in [-0.2, 0) is 4.74 Å². The van der Waals surface area contributed by atoms with E-state index < -0.39 is 0 Å². The molecular formula is C16H26N2O2S. The Morgan fingerprint density at radius 1 is 1.52 bits per heavy atom. The normalized spacial score (nSPS) is 18.4. The summed E-state index contributed by atoms with van der Waals surface area (Å²) in [5.74, 6) is 0.476. The Hall–Kier alpha value is -0.940. The van der Waals surface area contributed by atoms with Crippen LogP contribution < -0.4 is 0 Å². The zero-order valence-corrected chi connectivity index (χ0v) is 14.3. The number of nitrogens with zero attached hydrogens (tertiary/aromatic N) is 2. The zero-order chi connectivity index (χ0) is 15.4. The molecule has 0 bridgehead atoms. The molecule has 0 saturated carbocycles. The van der Waals surface area contributed by atoms with Crippen LogP contribution >= 0.6 is 11.3 Å². The maximum atomic E-state index is 12.5. The van der Waals surface area contributed by atoms with Crippen LogP contribution in [0.25, 0.3) is 0 Å². The molecule has 1 atom stereocenters. The van der Waals surface area contributed by atoms with Crippen molar-refractivity contribution in [2.45, 2.75) is 58.5 Å². The lowest BCUT2D eigenvalue weighted by Crippen LogP contribution is -2.28. The number of hydrogen-bond donors (Lipinski definition) is 0. The van der Waals surface area contributed by atoms with Crippen molar-refractivity contribution in [1.29, 1.82) is 0 Å². The van der Waals surface area contributed by atoms with Crippen LogP contribution in [0.5, 0.6) is 0 Å². The Morgan fingerprint density at radius 2 is 2.29 bits per heavy atom. The van der Waals surface area contributed by atoms with E-state index in [2.05, 4.69) is 18.8 Å². The number of thiazole rings is 1. The van der Waals surface area contributed by atoms with E-state index in [9.17, 15) is 4.79 Å². The monoisotopic (exact) mass is 310 g/mol. The van der Waals surface area contributed by atoms with Crippen molar-refractivity contribution in [3.63, 3.8) is 0 Å². The molecule has 0 radical (unpaired) electrons. The first kappa shape index (κ1) is 16.4. The predicted molar refractivity (Wildman–Crippen MR) is 86.1 cm³/mol. The Labute approximate surface area is 131 Å². The SMILES string of the molecule is Cc1nc(C(C)C)sc1C(=O)N(C)CCC[C@@H]1CCCO1. The summed E-state index contributed by atoms with van der Waals surface area (Å²) in [5.41, 5.74) is 0.861. The van der Waals surface area contributed by atoms with Crippen molar-refractivity contribution >= 4 is 17.2 Å². The van der Waals surface area contributed by atoms with Gasteiger partial charge in [-0.2, -0.15) is 0 Å². The number of aryl methyl sites for hydroxylation is 1. The van der Waals surface area contributed by atoms with Crippen molar-refractivity contribution in [1.82, 2.24) is 9.88 Å². The molecule has 1 aromatic heterocycles. The molecule has 118 valence electrons. The third-order valence-electron chi connectivity index (χ3n) is 3.89. The van der Waals surface area contributed by atoms with Gasteiger partial charge in [-0.15, -0.1) is 11.3 Å². The molecule has 1 aliphatic heterocycles. The summed E-state index contributed by atoms with van der Waals surface area (Å²) in [6.45, 7) is 7.83. The minimum Gasteiger partial charge on any atom is -0.378 e. The van der Waals surface area contributed by atoms with Gasteiger partial charge in [-0.05, 0) is 32.6 Å². The molecule has 1 saturated heterocycles. The first-order valence-electron chi connectivity index (χ1n) is 7.83. The number of ether oxygens (including phenoxy) is 1. The van der Waals surface area contributed by atoms with Gasteiger partial charge in [-0.1, -0.05) is 13.8 Å². The molecule has 1 amide bonds. The number of rotatable bonds is 6. The summed E-state index contributed by atoms with van der Waals surface area (Å²) < 4.78 is 5.62. The van der Waals surface area contributed by atoms with Gasteiger partial charge in [0.05, 0.1) is 16.8 Å². The van der Waals surface area contributed by atoms with Crippen molar-refractivity contribution in [2.24, 2.45) is 0 Å². The Balaban J connectivity index is 1.86. The lowest BCUT2D eigenvalue weighted by molar-refractivity contribution is 0.0766. The van der Waals surface area contributed by atoms with E-state index in [1.54, 1.807) is 0 Å². The highest BCUT2D eigenvalue weighted by atomic mass is 32.1. The molecule has 0 N–H and O–H groups in total. The molecule has 4 nitrogen and oxygen atoms in total. The molecule has 0 aliphatic carbocycles. The Bertz CT molecular complexity index is 479. The zero-order valence-electron chi connectivity index (χ0n) is 13.5. The fourth-order valence-corrected chi connectivity index (χ4v) is 3.63. The van der Waals surface area contributed by atoms with E-state index in [-0.39, 0.29) is 5.91 Å².